The molecule has 0 aromatic heterocycles. The molecule has 1 unspecified atom stereocenters. The number of hydrogen-bond acceptors (Lipinski definition) is 1. The van der Waals surface area contributed by atoms with Gasteiger partial charge in [0.05, 0.1) is 0 Å². The molecule has 1 aromatic carbocycles. The van der Waals surface area contributed by atoms with Gasteiger partial charge in [0.15, 0.2) is 0 Å². The highest BCUT2D eigenvalue weighted by Gasteiger charge is 2.22. The van der Waals surface area contributed by atoms with Gasteiger partial charge < -0.3 is 0 Å². The molecule has 1 aliphatic heterocycles. The van der Waals surface area contributed by atoms with Gasteiger partial charge in [-0.1, -0.05) is 30.3 Å². The van der Waals surface area contributed by atoms with E-state index in [0.717, 1.165) is 19.3 Å². The third-order valence-corrected chi connectivity index (χ3v) is 3.91. The maximum absolute atomic E-state index is 12.5. The second-order valence-electron chi connectivity index (χ2n) is 4.27. The molecule has 88 valence electrons. The molecule has 1 heterocycles. The maximum Gasteiger partial charge on any atom is 0.277 e. The Morgan fingerprint density at radius 3 is 2.44 bits per heavy atom. The van der Waals surface area contributed by atoms with Gasteiger partial charge in [-0.05, 0) is 30.7 Å². The number of benzene rings is 1. The Hall–Kier alpha value is -0.740. The predicted molar refractivity (Wildman–Crippen MR) is 63.7 cm³/mol. The molecule has 1 aliphatic rings. The average Bonchev–Trinajstić information content (AvgIpc) is 2.31. The van der Waals surface area contributed by atoms with E-state index in [1.807, 2.05) is 18.2 Å². The van der Waals surface area contributed by atoms with Crippen LogP contribution in [-0.2, 0) is 17.8 Å². The van der Waals surface area contributed by atoms with Crippen LogP contribution in [0.4, 0.5) is 3.89 Å². The fraction of sp³-hybridized carbons (Fsp3) is 0.500. The van der Waals surface area contributed by atoms with Crippen LogP contribution in [0.3, 0.4) is 0 Å². The summed E-state index contributed by atoms with van der Waals surface area (Å²) in [6.07, 6.45) is 2.92. The molecule has 0 amide bonds. The average molecular weight is 241 g/mol. The highest BCUT2D eigenvalue weighted by atomic mass is 32.2. The van der Waals surface area contributed by atoms with E-state index in [2.05, 4.69) is 12.1 Å². The van der Waals surface area contributed by atoms with E-state index in [1.54, 1.807) is 0 Å². The number of piperidine rings is 1. The summed E-state index contributed by atoms with van der Waals surface area (Å²) >= 11 is -2.28. The van der Waals surface area contributed by atoms with Crippen molar-refractivity contribution in [2.24, 2.45) is 5.92 Å². The van der Waals surface area contributed by atoms with Gasteiger partial charge in [0, 0.05) is 13.1 Å². The third kappa shape index (κ3) is 3.12. The van der Waals surface area contributed by atoms with E-state index >= 15 is 0 Å². The minimum Gasteiger partial charge on any atom is -0.207 e. The second-order valence-corrected chi connectivity index (χ2v) is 5.20. The highest BCUT2D eigenvalue weighted by Crippen LogP contribution is 2.22. The number of rotatable bonds is 3. The van der Waals surface area contributed by atoms with Crippen LogP contribution in [-0.4, -0.2) is 21.6 Å². The molecule has 0 bridgehead atoms. The van der Waals surface area contributed by atoms with E-state index in [4.69, 9.17) is 0 Å². The first-order valence-electron chi connectivity index (χ1n) is 5.62. The molecule has 1 atom stereocenters. The smallest absolute Gasteiger partial charge is 0.207 e. The molecule has 1 saturated heterocycles. The van der Waals surface area contributed by atoms with Crippen LogP contribution in [0.2, 0.25) is 0 Å². The molecular formula is C12H16FNOS. The summed E-state index contributed by atoms with van der Waals surface area (Å²) < 4.78 is 24.6. The molecule has 2 rings (SSSR count). The maximum atomic E-state index is 12.5. The summed E-state index contributed by atoms with van der Waals surface area (Å²) in [6.45, 7) is 1.22. The standard InChI is InChI=1S/C12H16FNOS/c13-16(15)14-8-6-12(7-9-14)10-11-4-2-1-3-5-11/h1-5,12H,6-10H2. The lowest BCUT2D eigenvalue weighted by Gasteiger charge is -2.28. The first-order chi connectivity index (χ1) is 7.75. The summed E-state index contributed by atoms with van der Waals surface area (Å²) in [7, 11) is 0. The Morgan fingerprint density at radius 1 is 1.25 bits per heavy atom. The number of hydrogen-bond donors (Lipinski definition) is 0. The van der Waals surface area contributed by atoms with Crippen LogP contribution in [0.15, 0.2) is 30.3 Å². The molecule has 0 saturated carbocycles. The van der Waals surface area contributed by atoms with Gasteiger partial charge in [-0.15, -0.1) is 3.89 Å². The van der Waals surface area contributed by atoms with Crippen molar-refractivity contribution >= 4 is 11.4 Å². The largest absolute Gasteiger partial charge is 0.277 e. The molecule has 0 N–H and O–H groups in total. The molecule has 1 aromatic rings. The zero-order valence-electron chi connectivity index (χ0n) is 9.14. The van der Waals surface area contributed by atoms with Crippen molar-refractivity contribution < 1.29 is 8.09 Å². The summed E-state index contributed by atoms with van der Waals surface area (Å²) in [5, 5.41) is 0. The zero-order chi connectivity index (χ0) is 11.4. The van der Waals surface area contributed by atoms with Crippen molar-refractivity contribution in [1.29, 1.82) is 0 Å². The monoisotopic (exact) mass is 241 g/mol. The molecule has 16 heavy (non-hydrogen) atoms. The fourth-order valence-electron chi connectivity index (χ4n) is 2.20. The topological polar surface area (TPSA) is 20.3 Å². The van der Waals surface area contributed by atoms with Gasteiger partial charge >= 0.3 is 0 Å². The molecule has 2 nitrogen and oxygen atoms in total. The van der Waals surface area contributed by atoms with E-state index in [9.17, 15) is 8.09 Å². The van der Waals surface area contributed by atoms with E-state index in [1.165, 1.54) is 9.87 Å². The minimum absolute atomic E-state index is 0.599. The van der Waals surface area contributed by atoms with Crippen molar-refractivity contribution in [2.45, 2.75) is 19.3 Å². The molecule has 0 spiro atoms. The summed E-state index contributed by atoms with van der Waals surface area (Å²) in [5.41, 5.74) is 1.34. The van der Waals surface area contributed by atoms with E-state index in [-0.39, 0.29) is 0 Å². The zero-order valence-corrected chi connectivity index (χ0v) is 9.96. The Morgan fingerprint density at radius 2 is 1.88 bits per heavy atom. The third-order valence-electron chi connectivity index (χ3n) is 3.14. The molecule has 0 aliphatic carbocycles. The highest BCUT2D eigenvalue weighted by molar-refractivity contribution is 7.77. The van der Waals surface area contributed by atoms with Crippen LogP contribution in [0, 0.1) is 5.92 Å². The van der Waals surface area contributed by atoms with Gasteiger partial charge in [0.2, 0.25) is 0 Å². The van der Waals surface area contributed by atoms with Gasteiger partial charge in [-0.2, -0.15) is 4.31 Å². The Balaban J connectivity index is 1.84. The first-order valence-corrected chi connectivity index (χ1v) is 6.63. The van der Waals surface area contributed by atoms with Gasteiger partial charge in [-0.25, -0.2) is 4.21 Å². The Bertz CT molecular complexity index is 349. The van der Waals surface area contributed by atoms with Gasteiger partial charge in [0.1, 0.15) is 0 Å². The number of nitrogens with zero attached hydrogens (tertiary/aromatic N) is 1. The van der Waals surface area contributed by atoms with E-state index < -0.39 is 11.4 Å². The van der Waals surface area contributed by atoms with Crippen LogP contribution >= 0.6 is 0 Å². The van der Waals surface area contributed by atoms with Crippen LogP contribution in [0.5, 0.6) is 0 Å². The quantitative estimate of drug-likeness (QED) is 0.745. The van der Waals surface area contributed by atoms with Gasteiger partial charge in [-0.3, -0.25) is 0 Å². The van der Waals surface area contributed by atoms with Crippen molar-refractivity contribution in [1.82, 2.24) is 4.31 Å². The first kappa shape index (κ1) is 11.7. The van der Waals surface area contributed by atoms with E-state index in [0.29, 0.717) is 19.0 Å². The lowest BCUT2D eigenvalue weighted by molar-refractivity contribution is 0.276. The summed E-state index contributed by atoms with van der Waals surface area (Å²) in [4.78, 5) is 0. The lowest BCUT2D eigenvalue weighted by atomic mass is 9.91. The van der Waals surface area contributed by atoms with Gasteiger partial charge in [0.25, 0.3) is 11.4 Å². The fourth-order valence-corrected chi connectivity index (χ4v) is 2.70. The van der Waals surface area contributed by atoms with Crippen molar-refractivity contribution in [3.63, 3.8) is 0 Å². The van der Waals surface area contributed by atoms with Crippen molar-refractivity contribution in [3.8, 4) is 0 Å². The Labute approximate surface area is 98.3 Å². The lowest BCUT2D eigenvalue weighted by Crippen LogP contribution is -2.34. The minimum atomic E-state index is -2.28. The van der Waals surface area contributed by atoms with Crippen molar-refractivity contribution in [3.05, 3.63) is 35.9 Å². The predicted octanol–water partition coefficient (Wildman–Crippen LogP) is 2.49. The second kappa shape index (κ2) is 5.55. The summed E-state index contributed by atoms with van der Waals surface area (Å²) in [6, 6.07) is 10.3. The normalized spacial score (nSPS) is 20.8. The van der Waals surface area contributed by atoms with Crippen molar-refractivity contribution in [2.75, 3.05) is 13.1 Å². The van der Waals surface area contributed by atoms with Crippen LogP contribution < -0.4 is 0 Å². The molecule has 1 fully saturated rings. The molecule has 4 heteroatoms. The molecule has 0 radical (unpaired) electrons. The summed E-state index contributed by atoms with van der Waals surface area (Å²) in [5.74, 6) is 0.599. The number of halogens is 1. The van der Waals surface area contributed by atoms with Crippen LogP contribution in [0.25, 0.3) is 0 Å². The molecular weight excluding hydrogens is 225 g/mol. The van der Waals surface area contributed by atoms with Crippen LogP contribution in [0.1, 0.15) is 18.4 Å². The SMILES string of the molecule is O=S(F)N1CCC(Cc2ccccc2)CC1. The Kier molecular flexibility index (Phi) is 4.07.